The molecule has 2 rings (SSSR count). The van der Waals surface area contributed by atoms with E-state index in [0.717, 1.165) is 64.7 Å². The molecular formula is C21H42IN5O3. The van der Waals surface area contributed by atoms with Crippen LogP contribution in [0.25, 0.3) is 0 Å². The Balaban J connectivity index is 0.00000450. The van der Waals surface area contributed by atoms with Crippen LogP contribution in [0.4, 0.5) is 4.79 Å². The molecule has 1 amide bonds. The summed E-state index contributed by atoms with van der Waals surface area (Å²) in [4.78, 5) is 23.9. The van der Waals surface area contributed by atoms with Crippen LogP contribution in [0.3, 0.4) is 0 Å². The zero-order valence-electron chi connectivity index (χ0n) is 19.5. The van der Waals surface area contributed by atoms with Crippen molar-refractivity contribution in [3.8, 4) is 0 Å². The maximum atomic E-state index is 12.4. The van der Waals surface area contributed by atoms with E-state index in [1.54, 1.807) is 4.90 Å². The van der Waals surface area contributed by atoms with Crippen molar-refractivity contribution in [3.63, 3.8) is 0 Å². The first kappa shape index (κ1) is 27.2. The summed E-state index contributed by atoms with van der Waals surface area (Å²) >= 11 is 0. The Bertz CT molecular complexity index is 535. The van der Waals surface area contributed by atoms with Crippen LogP contribution in [0.2, 0.25) is 0 Å². The summed E-state index contributed by atoms with van der Waals surface area (Å²) in [5.41, 5.74) is -0.481. The molecule has 176 valence electrons. The lowest BCUT2D eigenvalue weighted by Gasteiger charge is -2.32. The van der Waals surface area contributed by atoms with Crippen LogP contribution in [0.5, 0.6) is 0 Å². The molecule has 1 atom stereocenters. The van der Waals surface area contributed by atoms with Crippen molar-refractivity contribution in [1.29, 1.82) is 0 Å². The van der Waals surface area contributed by atoms with Crippen LogP contribution in [-0.2, 0) is 9.47 Å². The number of hydrogen-bond donors (Lipinski definition) is 1. The van der Waals surface area contributed by atoms with Crippen LogP contribution in [0.15, 0.2) is 4.99 Å². The van der Waals surface area contributed by atoms with E-state index >= 15 is 0 Å². The highest BCUT2D eigenvalue weighted by atomic mass is 127. The summed E-state index contributed by atoms with van der Waals surface area (Å²) in [5.74, 6) is 0.948. The molecule has 0 aromatic heterocycles. The lowest BCUT2D eigenvalue weighted by molar-refractivity contribution is 0.0194. The number of halogens is 1. The molecule has 2 aliphatic rings. The number of amides is 1. The number of carbonyl (C=O) groups excluding carboxylic acids is 1. The minimum atomic E-state index is -0.481. The SMILES string of the molecule is CCCN(CCN=C(NCC)N1CCC(N2CCOCC2)C1)C(=O)OC(C)(C)C.I. The van der Waals surface area contributed by atoms with Gasteiger partial charge in [-0.2, -0.15) is 0 Å². The third-order valence-electron chi connectivity index (χ3n) is 5.14. The summed E-state index contributed by atoms with van der Waals surface area (Å²) < 4.78 is 11.0. The van der Waals surface area contributed by atoms with Crippen molar-refractivity contribution in [1.82, 2.24) is 20.0 Å². The van der Waals surface area contributed by atoms with Gasteiger partial charge in [-0.25, -0.2) is 4.79 Å². The number of ether oxygens (including phenoxy) is 2. The van der Waals surface area contributed by atoms with E-state index in [4.69, 9.17) is 14.5 Å². The van der Waals surface area contributed by atoms with Crippen molar-refractivity contribution in [2.75, 3.05) is 65.6 Å². The summed E-state index contributed by atoms with van der Waals surface area (Å²) in [6.07, 6.45) is 1.80. The molecule has 0 aliphatic carbocycles. The summed E-state index contributed by atoms with van der Waals surface area (Å²) in [5, 5.41) is 3.42. The van der Waals surface area contributed by atoms with Gasteiger partial charge in [-0.1, -0.05) is 6.92 Å². The Morgan fingerprint density at radius 2 is 1.90 bits per heavy atom. The number of hydrogen-bond acceptors (Lipinski definition) is 5. The first-order valence-electron chi connectivity index (χ1n) is 11.2. The molecule has 1 N–H and O–H groups in total. The van der Waals surface area contributed by atoms with Crippen molar-refractivity contribution < 1.29 is 14.3 Å². The maximum Gasteiger partial charge on any atom is 0.410 e. The Morgan fingerprint density at radius 1 is 1.20 bits per heavy atom. The van der Waals surface area contributed by atoms with Gasteiger partial charge in [-0.3, -0.25) is 9.89 Å². The minimum Gasteiger partial charge on any atom is -0.444 e. The molecule has 2 aliphatic heterocycles. The third-order valence-corrected chi connectivity index (χ3v) is 5.14. The molecule has 0 saturated carbocycles. The van der Waals surface area contributed by atoms with Gasteiger partial charge >= 0.3 is 6.09 Å². The Morgan fingerprint density at radius 3 is 2.50 bits per heavy atom. The second kappa shape index (κ2) is 13.6. The Hall–Kier alpha value is -0.810. The summed E-state index contributed by atoms with van der Waals surface area (Å²) in [6.45, 7) is 18.2. The van der Waals surface area contributed by atoms with Gasteiger partial charge in [0, 0.05) is 51.9 Å². The molecule has 30 heavy (non-hydrogen) atoms. The van der Waals surface area contributed by atoms with Gasteiger partial charge < -0.3 is 24.6 Å². The molecule has 2 heterocycles. The van der Waals surface area contributed by atoms with Crippen LogP contribution in [-0.4, -0.2) is 104 Å². The monoisotopic (exact) mass is 539 g/mol. The van der Waals surface area contributed by atoms with Crippen LogP contribution in [0.1, 0.15) is 47.5 Å². The number of nitrogens with zero attached hydrogens (tertiary/aromatic N) is 4. The lowest BCUT2D eigenvalue weighted by atomic mass is 10.2. The van der Waals surface area contributed by atoms with Gasteiger partial charge in [0.1, 0.15) is 5.60 Å². The van der Waals surface area contributed by atoms with Gasteiger partial charge in [-0.05, 0) is 40.5 Å². The normalized spacial score (nSPS) is 20.6. The van der Waals surface area contributed by atoms with Crippen LogP contribution >= 0.6 is 24.0 Å². The van der Waals surface area contributed by atoms with E-state index in [1.165, 1.54) is 0 Å². The molecule has 0 spiro atoms. The standard InChI is InChI=1S/C21H41N5O3.HI/c1-6-10-25(20(27)29-21(3,4)5)12-9-23-19(22-7-2)26-11-8-18(17-26)24-13-15-28-16-14-24;/h18H,6-17H2,1-5H3,(H,22,23);1H. The smallest absolute Gasteiger partial charge is 0.410 e. The van der Waals surface area contributed by atoms with E-state index in [9.17, 15) is 4.79 Å². The third kappa shape index (κ3) is 9.13. The van der Waals surface area contributed by atoms with Crippen molar-refractivity contribution in [3.05, 3.63) is 0 Å². The highest BCUT2D eigenvalue weighted by Gasteiger charge is 2.30. The number of nitrogens with one attached hydrogen (secondary N) is 1. The van der Waals surface area contributed by atoms with Gasteiger partial charge in [0.25, 0.3) is 0 Å². The highest BCUT2D eigenvalue weighted by Crippen LogP contribution is 2.17. The van der Waals surface area contributed by atoms with Crippen LogP contribution < -0.4 is 5.32 Å². The van der Waals surface area contributed by atoms with Crippen molar-refractivity contribution in [2.24, 2.45) is 4.99 Å². The summed E-state index contributed by atoms with van der Waals surface area (Å²) in [7, 11) is 0. The van der Waals surface area contributed by atoms with Crippen LogP contribution in [0, 0.1) is 0 Å². The Labute approximate surface area is 199 Å². The number of morpholine rings is 1. The number of guanidine groups is 1. The average Bonchev–Trinajstić information content (AvgIpc) is 3.16. The predicted molar refractivity (Wildman–Crippen MR) is 132 cm³/mol. The molecule has 2 saturated heterocycles. The zero-order chi connectivity index (χ0) is 21.3. The molecular weight excluding hydrogens is 497 g/mol. The van der Waals surface area contributed by atoms with Crippen molar-refractivity contribution in [2.45, 2.75) is 59.1 Å². The summed E-state index contributed by atoms with van der Waals surface area (Å²) in [6, 6.07) is 0.570. The maximum absolute atomic E-state index is 12.4. The molecule has 2 fully saturated rings. The fourth-order valence-corrected chi connectivity index (χ4v) is 3.77. The number of aliphatic imine (C=N–C) groups is 1. The number of carbonyl (C=O) groups is 1. The quantitative estimate of drug-likeness (QED) is 0.305. The largest absolute Gasteiger partial charge is 0.444 e. The second-order valence-corrected chi connectivity index (χ2v) is 8.74. The van der Waals surface area contributed by atoms with Crippen molar-refractivity contribution >= 4 is 36.0 Å². The molecule has 1 unspecified atom stereocenters. The van der Waals surface area contributed by atoms with Gasteiger partial charge in [0.2, 0.25) is 0 Å². The fraction of sp³-hybridized carbons (Fsp3) is 0.905. The first-order chi connectivity index (χ1) is 13.8. The molecule has 0 aromatic rings. The average molecular weight is 540 g/mol. The predicted octanol–water partition coefficient (Wildman–Crippen LogP) is 2.62. The number of rotatable bonds is 7. The molecule has 0 radical (unpaired) electrons. The molecule has 9 heteroatoms. The fourth-order valence-electron chi connectivity index (χ4n) is 3.77. The van der Waals surface area contributed by atoms with E-state index in [-0.39, 0.29) is 30.1 Å². The van der Waals surface area contributed by atoms with E-state index in [0.29, 0.717) is 25.7 Å². The topological polar surface area (TPSA) is 69.6 Å². The van der Waals surface area contributed by atoms with Gasteiger partial charge in [0.15, 0.2) is 5.96 Å². The zero-order valence-corrected chi connectivity index (χ0v) is 21.8. The first-order valence-corrected chi connectivity index (χ1v) is 11.2. The minimum absolute atomic E-state index is 0. The van der Waals surface area contributed by atoms with E-state index < -0.39 is 5.60 Å². The van der Waals surface area contributed by atoms with Gasteiger partial charge in [0.05, 0.1) is 19.8 Å². The molecule has 8 nitrogen and oxygen atoms in total. The highest BCUT2D eigenvalue weighted by molar-refractivity contribution is 14.0. The van der Waals surface area contributed by atoms with Gasteiger partial charge in [-0.15, -0.1) is 24.0 Å². The van der Waals surface area contributed by atoms with E-state index in [2.05, 4.69) is 29.0 Å². The number of likely N-dealkylation sites (tertiary alicyclic amines) is 1. The molecule has 0 bridgehead atoms. The molecule has 0 aromatic carbocycles. The Kier molecular flexibility index (Phi) is 12.3. The lowest BCUT2D eigenvalue weighted by Crippen LogP contribution is -2.47. The van der Waals surface area contributed by atoms with E-state index in [1.807, 2.05) is 20.8 Å². The second-order valence-electron chi connectivity index (χ2n) is 8.74.